The van der Waals surface area contributed by atoms with Gasteiger partial charge in [-0.15, -0.1) is 0 Å². The van der Waals surface area contributed by atoms with Crippen LogP contribution in [0, 0.1) is 12.8 Å². The number of benzene rings is 1. The standard InChI is InChI=1S/C19H30N2O3/c1-7-21(12-19(5,6)24)18(23)16(13(2)3)20-17(22)15-10-8-9-14(4)11-15/h8-11,13,16,24H,7,12H2,1-6H3,(H,20,22). The van der Waals surface area contributed by atoms with Crippen molar-refractivity contribution in [1.29, 1.82) is 0 Å². The fourth-order valence-corrected chi connectivity index (χ4v) is 2.53. The molecule has 0 fully saturated rings. The van der Waals surface area contributed by atoms with E-state index in [1.54, 1.807) is 30.9 Å². The molecule has 5 nitrogen and oxygen atoms in total. The van der Waals surface area contributed by atoms with Crippen LogP contribution in [0.3, 0.4) is 0 Å². The zero-order chi connectivity index (χ0) is 18.5. The molecule has 2 amide bonds. The number of likely N-dealkylation sites (N-methyl/N-ethyl adjacent to an activating group) is 1. The molecule has 134 valence electrons. The number of rotatable bonds is 7. The summed E-state index contributed by atoms with van der Waals surface area (Å²) in [6, 6.07) is 6.65. The summed E-state index contributed by atoms with van der Waals surface area (Å²) in [4.78, 5) is 26.9. The van der Waals surface area contributed by atoms with Crippen LogP contribution in [0.4, 0.5) is 0 Å². The van der Waals surface area contributed by atoms with E-state index in [0.717, 1.165) is 5.56 Å². The average molecular weight is 334 g/mol. The molecule has 5 heteroatoms. The molecule has 0 spiro atoms. The molecule has 1 atom stereocenters. The molecule has 0 bridgehead atoms. The Bertz CT molecular complexity index is 576. The van der Waals surface area contributed by atoms with E-state index in [9.17, 15) is 14.7 Å². The van der Waals surface area contributed by atoms with Gasteiger partial charge in [-0.2, -0.15) is 0 Å². The molecule has 0 heterocycles. The Morgan fingerprint density at radius 1 is 1.29 bits per heavy atom. The minimum atomic E-state index is -0.978. The van der Waals surface area contributed by atoms with Crippen LogP contribution in [-0.2, 0) is 4.79 Å². The number of carbonyl (C=O) groups excluding carboxylic acids is 2. The highest BCUT2D eigenvalue weighted by molar-refractivity contribution is 5.97. The molecular weight excluding hydrogens is 304 g/mol. The smallest absolute Gasteiger partial charge is 0.251 e. The average Bonchev–Trinajstić information content (AvgIpc) is 2.48. The minimum Gasteiger partial charge on any atom is -0.389 e. The molecule has 1 aromatic carbocycles. The number of aliphatic hydroxyl groups is 1. The van der Waals surface area contributed by atoms with Crippen LogP contribution in [0.5, 0.6) is 0 Å². The molecule has 0 aliphatic heterocycles. The second-order valence-electron chi connectivity index (χ2n) is 7.23. The van der Waals surface area contributed by atoms with Crippen LogP contribution < -0.4 is 5.32 Å². The topological polar surface area (TPSA) is 69.6 Å². The van der Waals surface area contributed by atoms with Crippen molar-refractivity contribution < 1.29 is 14.7 Å². The quantitative estimate of drug-likeness (QED) is 0.804. The van der Waals surface area contributed by atoms with Crippen molar-refractivity contribution in [3.63, 3.8) is 0 Å². The van der Waals surface area contributed by atoms with Crippen LogP contribution in [0.1, 0.15) is 50.5 Å². The van der Waals surface area contributed by atoms with Crippen LogP contribution in [0.2, 0.25) is 0 Å². The van der Waals surface area contributed by atoms with Crippen molar-refractivity contribution in [2.45, 2.75) is 53.2 Å². The lowest BCUT2D eigenvalue weighted by Gasteiger charge is -2.32. The number of nitrogens with one attached hydrogen (secondary N) is 1. The monoisotopic (exact) mass is 334 g/mol. The number of nitrogens with zero attached hydrogens (tertiary/aromatic N) is 1. The van der Waals surface area contributed by atoms with Gasteiger partial charge in [-0.1, -0.05) is 31.5 Å². The van der Waals surface area contributed by atoms with Gasteiger partial charge in [0.05, 0.1) is 5.60 Å². The summed E-state index contributed by atoms with van der Waals surface area (Å²) >= 11 is 0. The second-order valence-corrected chi connectivity index (χ2v) is 7.23. The lowest BCUT2D eigenvalue weighted by atomic mass is 10.0. The van der Waals surface area contributed by atoms with Crippen LogP contribution in [0.25, 0.3) is 0 Å². The third-order valence-electron chi connectivity index (χ3n) is 3.77. The number of hydrogen-bond donors (Lipinski definition) is 2. The molecule has 24 heavy (non-hydrogen) atoms. The minimum absolute atomic E-state index is 0.0536. The van der Waals surface area contributed by atoms with Crippen LogP contribution >= 0.6 is 0 Å². The van der Waals surface area contributed by atoms with E-state index in [1.807, 2.05) is 39.8 Å². The summed E-state index contributed by atoms with van der Waals surface area (Å²) in [5.74, 6) is -0.484. The highest BCUT2D eigenvalue weighted by Gasteiger charge is 2.30. The summed E-state index contributed by atoms with van der Waals surface area (Å²) in [7, 11) is 0. The van der Waals surface area contributed by atoms with Gasteiger partial charge in [-0.05, 0) is 45.7 Å². The van der Waals surface area contributed by atoms with E-state index in [-0.39, 0.29) is 24.3 Å². The van der Waals surface area contributed by atoms with Gasteiger partial charge in [-0.25, -0.2) is 0 Å². The fraction of sp³-hybridized carbons (Fsp3) is 0.579. The first-order chi connectivity index (χ1) is 11.0. The van der Waals surface area contributed by atoms with Crippen molar-refractivity contribution in [2.24, 2.45) is 5.92 Å². The van der Waals surface area contributed by atoms with Crippen molar-refractivity contribution >= 4 is 11.8 Å². The predicted molar refractivity (Wildman–Crippen MR) is 95.8 cm³/mol. The Morgan fingerprint density at radius 3 is 2.38 bits per heavy atom. The lowest BCUT2D eigenvalue weighted by molar-refractivity contribution is -0.137. The van der Waals surface area contributed by atoms with Gasteiger partial charge in [0.2, 0.25) is 5.91 Å². The number of aryl methyl sites for hydroxylation is 1. The van der Waals surface area contributed by atoms with E-state index in [0.29, 0.717) is 12.1 Å². The maximum absolute atomic E-state index is 12.8. The van der Waals surface area contributed by atoms with Gasteiger partial charge in [0.1, 0.15) is 6.04 Å². The zero-order valence-electron chi connectivity index (χ0n) is 15.6. The van der Waals surface area contributed by atoms with E-state index in [2.05, 4.69) is 5.32 Å². The van der Waals surface area contributed by atoms with Gasteiger partial charge in [0, 0.05) is 18.7 Å². The molecule has 2 N–H and O–H groups in total. The first-order valence-corrected chi connectivity index (χ1v) is 8.44. The molecule has 0 aromatic heterocycles. The molecule has 1 rings (SSSR count). The van der Waals surface area contributed by atoms with E-state index >= 15 is 0 Å². The Morgan fingerprint density at radius 2 is 1.92 bits per heavy atom. The molecule has 0 saturated heterocycles. The van der Waals surface area contributed by atoms with Crippen molar-refractivity contribution in [1.82, 2.24) is 10.2 Å². The predicted octanol–water partition coefficient (Wildman–Crippen LogP) is 2.37. The summed E-state index contributed by atoms with van der Waals surface area (Å²) in [5, 5.41) is 12.8. The molecule has 1 aromatic rings. The van der Waals surface area contributed by atoms with Crippen molar-refractivity contribution in [2.75, 3.05) is 13.1 Å². The highest BCUT2D eigenvalue weighted by Crippen LogP contribution is 2.12. The summed E-state index contributed by atoms with van der Waals surface area (Å²) in [6.07, 6.45) is 0. The first-order valence-electron chi connectivity index (χ1n) is 8.44. The van der Waals surface area contributed by atoms with Crippen LogP contribution in [0.15, 0.2) is 24.3 Å². The zero-order valence-corrected chi connectivity index (χ0v) is 15.6. The van der Waals surface area contributed by atoms with Gasteiger partial charge < -0.3 is 15.3 Å². The first kappa shape index (κ1) is 20.2. The molecule has 1 unspecified atom stereocenters. The molecule has 0 aliphatic rings. The molecular formula is C19H30N2O3. The van der Waals surface area contributed by atoms with Crippen molar-refractivity contribution in [3.05, 3.63) is 35.4 Å². The van der Waals surface area contributed by atoms with E-state index < -0.39 is 11.6 Å². The third kappa shape index (κ3) is 5.96. The third-order valence-corrected chi connectivity index (χ3v) is 3.77. The Hall–Kier alpha value is -1.88. The Balaban J connectivity index is 2.93. The Labute approximate surface area is 145 Å². The van der Waals surface area contributed by atoms with Crippen LogP contribution in [-0.4, -0.2) is 46.6 Å². The SMILES string of the molecule is CCN(CC(C)(C)O)C(=O)C(NC(=O)c1cccc(C)c1)C(C)C. The summed E-state index contributed by atoms with van der Waals surface area (Å²) in [5.41, 5.74) is 0.555. The van der Waals surface area contributed by atoms with E-state index in [1.165, 1.54) is 0 Å². The molecule has 0 saturated carbocycles. The lowest BCUT2D eigenvalue weighted by Crippen LogP contribution is -2.53. The van der Waals surface area contributed by atoms with Crippen molar-refractivity contribution in [3.8, 4) is 0 Å². The van der Waals surface area contributed by atoms with Gasteiger partial charge >= 0.3 is 0 Å². The number of hydrogen-bond acceptors (Lipinski definition) is 3. The Kier molecular flexibility index (Phi) is 6.96. The fourth-order valence-electron chi connectivity index (χ4n) is 2.53. The number of carbonyl (C=O) groups is 2. The van der Waals surface area contributed by atoms with E-state index in [4.69, 9.17) is 0 Å². The summed E-state index contributed by atoms with van der Waals surface area (Å²) in [6.45, 7) is 11.6. The molecule has 0 aliphatic carbocycles. The maximum atomic E-state index is 12.8. The van der Waals surface area contributed by atoms with Gasteiger partial charge in [-0.3, -0.25) is 9.59 Å². The number of amides is 2. The second kappa shape index (κ2) is 8.29. The molecule has 0 radical (unpaired) electrons. The normalized spacial score (nSPS) is 12.8. The maximum Gasteiger partial charge on any atom is 0.251 e. The summed E-state index contributed by atoms with van der Waals surface area (Å²) < 4.78 is 0. The van der Waals surface area contributed by atoms with Gasteiger partial charge in [0.15, 0.2) is 0 Å². The highest BCUT2D eigenvalue weighted by atomic mass is 16.3. The largest absolute Gasteiger partial charge is 0.389 e. The van der Waals surface area contributed by atoms with Gasteiger partial charge in [0.25, 0.3) is 5.91 Å².